The van der Waals surface area contributed by atoms with E-state index in [2.05, 4.69) is 0 Å². The van der Waals surface area contributed by atoms with Gasteiger partial charge in [-0.3, -0.25) is 0 Å². The Labute approximate surface area is 147 Å². The van der Waals surface area contributed by atoms with Crippen molar-refractivity contribution in [1.82, 2.24) is 0 Å². The van der Waals surface area contributed by atoms with Gasteiger partial charge < -0.3 is 23.7 Å². The standard InChI is InChI=1S/C19H22O6/c1-13-5-7-14(8-6-13)24-11-12-25-19(20)15-9-10-16(21-2)18(23-4)17(15)22-3/h5-10H,11-12H2,1-4H3. The molecule has 0 saturated carbocycles. The summed E-state index contributed by atoms with van der Waals surface area (Å²) in [7, 11) is 4.44. The molecule has 0 aromatic heterocycles. The molecule has 0 bridgehead atoms. The van der Waals surface area contributed by atoms with Gasteiger partial charge in [0.1, 0.15) is 24.5 Å². The SMILES string of the molecule is COc1ccc(C(=O)OCCOc2ccc(C)cc2)c(OC)c1OC. The number of aryl methyl sites for hydroxylation is 1. The van der Waals surface area contributed by atoms with Gasteiger partial charge in [0.05, 0.1) is 21.3 Å². The van der Waals surface area contributed by atoms with Gasteiger partial charge in [0.15, 0.2) is 11.5 Å². The highest BCUT2D eigenvalue weighted by Crippen LogP contribution is 2.39. The van der Waals surface area contributed by atoms with Crippen LogP contribution in [0.3, 0.4) is 0 Å². The molecule has 0 N–H and O–H groups in total. The first-order valence-electron chi connectivity index (χ1n) is 7.76. The van der Waals surface area contributed by atoms with Crippen LogP contribution in [0, 0.1) is 6.92 Å². The minimum Gasteiger partial charge on any atom is -0.493 e. The van der Waals surface area contributed by atoms with Crippen molar-refractivity contribution in [3.63, 3.8) is 0 Å². The van der Waals surface area contributed by atoms with Gasteiger partial charge in [-0.1, -0.05) is 17.7 Å². The molecule has 0 aliphatic carbocycles. The molecule has 0 atom stereocenters. The first-order chi connectivity index (χ1) is 12.1. The molecule has 0 saturated heterocycles. The largest absolute Gasteiger partial charge is 0.493 e. The molecule has 0 amide bonds. The average Bonchev–Trinajstić information content (AvgIpc) is 2.64. The molecule has 0 aliphatic heterocycles. The second-order valence-corrected chi connectivity index (χ2v) is 5.18. The summed E-state index contributed by atoms with van der Waals surface area (Å²) >= 11 is 0. The lowest BCUT2D eigenvalue weighted by Crippen LogP contribution is -2.13. The van der Waals surface area contributed by atoms with Gasteiger partial charge in [0, 0.05) is 0 Å². The minimum atomic E-state index is -0.523. The summed E-state index contributed by atoms with van der Waals surface area (Å²) < 4.78 is 26.5. The number of ether oxygens (including phenoxy) is 5. The van der Waals surface area contributed by atoms with E-state index in [-0.39, 0.29) is 24.5 Å². The third-order valence-corrected chi connectivity index (χ3v) is 3.53. The number of rotatable bonds is 8. The Morgan fingerprint density at radius 2 is 1.52 bits per heavy atom. The zero-order chi connectivity index (χ0) is 18.2. The Kier molecular flexibility index (Phi) is 6.51. The Bertz CT molecular complexity index is 709. The number of hydrogen-bond acceptors (Lipinski definition) is 6. The van der Waals surface area contributed by atoms with Crippen molar-refractivity contribution in [3.05, 3.63) is 47.5 Å². The highest BCUT2D eigenvalue weighted by molar-refractivity contribution is 5.94. The van der Waals surface area contributed by atoms with E-state index in [1.807, 2.05) is 31.2 Å². The van der Waals surface area contributed by atoms with Crippen molar-refractivity contribution in [3.8, 4) is 23.0 Å². The second kappa shape index (κ2) is 8.82. The van der Waals surface area contributed by atoms with E-state index in [1.165, 1.54) is 21.3 Å². The van der Waals surface area contributed by atoms with E-state index in [0.29, 0.717) is 11.5 Å². The van der Waals surface area contributed by atoms with Gasteiger partial charge in [0.2, 0.25) is 5.75 Å². The molecule has 0 unspecified atom stereocenters. The monoisotopic (exact) mass is 346 g/mol. The Balaban J connectivity index is 1.97. The zero-order valence-electron chi connectivity index (χ0n) is 14.8. The number of hydrogen-bond donors (Lipinski definition) is 0. The molecule has 0 aliphatic rings. The quantitative estimate of drug-likeness (QED) is 0.540. The number of methoxy groups -OCH3 is 3. The molecule has 0 spiro atoms. The zero-order valence-corrected chi connectivity index (χ0v) is 14.8. The van der Waals surface area contributed by atoms with Gasteiger partial charge in [-0.25, -0.2) is 4.79 Å². The lowest BCUT2D eigenvalue weighted by molar-refractivity contribution is 0.0446. The van der Waals surface area contributed by atoms with E-state index < -0.39 is 5.97 Å². The van der Waals surface area contributed by atoms with Crippen molar-refractivity contribution in [2.75, 3.05) is 34.5 Å². The van der Waals surface area contributed by atoms with E-state index in [0.717, 1.165) is 11.3 Å². The van der Waals surface area contributed by atoms with Crippen LogP contribution in [0.5, 0.6) is 23.0 Å². The maximum atomic E-state index is 12.3. The van der Waals surface area contributed by atoms with Gasteiger partial charge in [0.25, 0.3) is 0 Å². The van der Waals surface area contributed by atoms with E-state index in [9.17, 15) is 4.79 Å². The maximum absolute atomic E-state index is 12.3. The average molecular weight is 346 g/mol. The molecule has 0 fully saturated rings. The normalized spacial score (nSPS) is 10.1. The lowest BCUT2D eigenvalue weighted by atomic mass is 10.1. The molecule has 0 radical (unpaired) electrons. The first kappa shape index (κ1) is 18.4. The number of benzene rings is 2. The number of carbonyl (C=O) groups is 1. The summed E-state index contributed by atoms with van der Waals surface area (Å²) in [5, 5.41) is 0. The van der Waals surface area contributed by atoms with Crippen LogP contribution in [-0.2, 0) is 4.74 Å². The van der Waals surface area contributed by atoms with Gasteiger partial charge >= 0.3 is 5.97 Å². The first-order valence-corrected chi connectivity index (χ1v) is 7.76. The third kappa shape index (κ3) is 4.56. The maximum Gasteiger partial charge on any atom is 0.342 e. The molecule has 25 heavy (non-hydrogen) atoms. The van der Waals surface area contributed by atoms with Crippen LogP contribution < -0.4 is 18.9 Å². The molecule has 6 nitrogen and oxygen atoms in total. The molecular weight excluding hydrogens is 324 g/mol. The van der Waals surface area contributed by atoms with Gasteiger partial charge in [-0.05, 0) is 31.2 Å². The summed E-state index contributed by atoms with van der Waals surface area (Å²) in [5.41, 5.74) is 1.41. The van der Waals surface area contributed by atoms with Gasteiger partial charge in [-0.2, -0.15) is 0 Å². The molecule has 0 heterocycles. The van der Waals surface area contributed by atoms with E-state index in [4.69, 9.17) is 23.7 Å². The molecule has 2 rings (SSSR count). The van der Waals surface area contributed by atoms with Crippen LogP contribution in [0.25, 0.3) is 0 Å². The smallest absolute Gasteiger partial charge is 0.342 e. The highest BCUT2D eigenvalue weighted by atomic mass is 16.6. The molecule has 2 aromatic rings. The molecular formula is C19H22O6. The fraction of sp³-hybridized carbons (Fsp3) is 0.316. The van der Waals surface area contributed by atoms with Crippen LogP contribution >= 0.6 is 0 Å². The fourth-order valence-electron chi connectivity index (χ4n) is 2.27. The summed E-state index contributed by atoms with van der Waals surface area (Å²) in [6, 6.07) is 10.8. The Morgan fingerprint density at radius 3 is 2.12 bits per heavy atom. The van der Waals surface area contributed by atoms with Crippen molar-refractivity contribution in [2.24, 2.45) is 0 Å². The molecule has 2 aromatic carbocycles. The van der Waals surface area contributed by atoms with Crippen LogP contribution in [0.4, 0.5) is 0 Å². The summed E-state index contributed by atoms with van der Waals surface area (Å²) in [6.45, 7) is 2.37. The fourth-order valence-corrected chi connectivity index (χ4v) is 2.27. The van der Waals surface area contributed by atoms with Crippen LogP contribution in [0.15, 0.2) is 36.4 Å². The third-order valence-electron chi connectivity index (χ3n) is 3.53. The molecule has 6 heteroatoms. The van der Waals surface area contributed by atoms with Crippen molar-refractivity contribution < 1.29 is 28.5 Å². The second-order valence-electron chi connectivity index (χ2n) is 5.18. The predicted molar refractivity (Wildman–Crippen MR) is 93.1 cm³/mol. The lowest BCUT2D eigenvalue weighted by Gasteiger charge is -2.15. The van der Waals surface area contributed by atoms with Gasteiger partial charge in [-0.15, -0.1) is 0 Å². The van der Waals surface area contributed by atoms with E-state index in [1.54, 1.807) is 12.1 Å². The van der Waals surface area contributed by atoms with Crippen LogP contribution in [0.1, 0.15) is 15.9 Å². The van der Waals surface area contributed by atoms with Crippen molar-refractivity contribution in [1.29, 1.82) is 0 Å². The highest BCUT2D eigenvalue weighted by Gasteiger charge is 2.21. The summed E-state index contributed by atoms with van der Waals surface area (Å²) in [6.07, 6.45) is 0. The minimum absolute atomic E-state index is 0.115. The Hall–Kier alpha value is -2.89. The van der Waals surface area contributed by atoms with Crippen molar-refractivity contribution >= 4 is 5.97 Å². The number of esters is 1. The Morgan fingerprint density at radius 1 is 0.840 bits per heavy atom. The van der Waals surface area contributed by atoms with Crippen LogP contribution in [-0.4, -0.2) is 40.5 Å². The topological polar surface area (TPSA) is 63.2 Å². The molecule has 134 valence electrons. The summed E-state index contributed by atoms with van der Waals surface area (Å²) in [5.74, 6) is 1.29. The van der Waals surface area contributed by atoms with Crippen molar-refractivity contribution in [2.45, 2.75) is 6.92 Å². The predicted octanol–water partition coefficient (Wildman–Crippen LogP) is 3.26. The number of carbonyl (C=O) groups excluding carboxylic acids is 1. The van der Waals surface area contributed by atoms with E-state index >= 15 is 0 Å². The summed E-state index contributed by atoms with van der Waals surface area (Å²) in [4.78, 5) is 12.3. The van der Waals surface area contributed by atoms with Crippen LogP contribution in [0.2, 0.25) is 0 Å².